The zero-order chi connectivity index (χ0) is 27.9. The second-order valence-electron chi connectivity index (χ2n) is 8.29. The summed E-state index contributed by atoms with van der Waals surface area (Å²) in [5.74, 6) is -1.62. The Labute approximate surface area is 219 Å². The molecule has 2 aromatic carbocycles. The first-order valence-corrected chi connectivity index (χ1v) is 11.8. The van der Waals surface area contributed by atoms with Gasteiger partial charge in [0.05, 0.1) is 34.4 Å². The summed E-state index contributed by atoms with van der Waals surface area (Å²) >= 11 is 0. The Morgan fingerprint density at radius 3 is 1.34 bits per heavy atom. The highest BCUT2D eigenvalue weighted by Gasteiger charge is 2.16. The van der Waals surface area contributed by atoms with Gasteiger partial charge in [0.15, 0.2) is 0 Å². The topological polar surface area (TPSA) is 142 Å². The molecule has 0 saturated heterocycles. The standard InChI is InChI=1S/C26H30O12/c1-17-9-11-19(3)21(15-17)23(27)33-37-35-25(29)31-13-7-5-6-8-14-32-26(30)36-38-34-24(28)22-16-18(2)10-12-20(22)4/h9-12,15-16H,5-8,13-14H2,1-4H3. The smallest absolute Gasteiger partial charge is 0.432 e. The molecular formula is C26H30O12. The predicted molar refractivity (Wildman–Crippen MR) is 128 cm³/mol. The maximum atomic E-state index is 11.9. The van der Waals surface area contributed by atoms with Crippen molar-refractivity contribution in [2.45, 2.75) is 53.4 Å². The van der Waals surface area contributed by atoms with E-state index in [1.165, 1.54) is 0 Å². The molecule has 206 valence electrons. The summed E-state index contributed by atoms with van der Waals surface area (Å²) < 4.78 is 9.57. The molecule has 0 N–H and O–H groups in total. The van der Waals surface area contributed by atoms with E-state index < -0.39 is 24.2 Å². The Balaban J connectivity index is 1.45. The maximum Gasteiger partial charge on any atom is 0.543 e. The van der Waals surface area contributed by atoms with Gasteiger partial charge in [-0.05, 0) is 76.6 Å². The van der Waals surface area contributed by atoms with Crippen LogP contribution < -0.4 is 0 Å². The molecule has 0 bridgehead atoms. The average Bonchev–Trinajstić information content (AvgIpc) is 2.88. The summed E-state index contributed by atoms with van der Waals surface area (Å²) in [5, 5.41) is 8.38. The Morgan fingerprint density at radius 1 is 0.553 bits per heavy atom. The van der Waals surface area contributed by atoms with E-state index in [-0.39, 0.29) is 24.3 Å². The zero-order valence-electron chi connectivity index (χ0n) is 21.6. The highest BCUT2D eigenvalue weighted by atomic mass is 17.5. The van der Waals surface area contributed by atoms with Gasteiger partial charge in [0.2, 0.25) is 0 Å². The number of ether oxygens (including phenoxy) is 2. The van der Waals surface area contributed by atoms with Crippen molar-refractivity contribution in [1.82, 2.24) is 0 Å². The summed E-state index contributed by atoms with van der Waals surface area (Å²) in [5.41, 5.74) is 3.63. The number of carbonyl (C=O) groups excluding carboxylic acids is 4. The number of hydrogen-bond acceptors (Lipinski definition) is 12. The van der Waals surface area contributed by atoms with E-state index >= 15 is 0 Å². The molecule has 0 saturated carbocycles. The van der Waals surface area contributed by atoms with Crippen molar-refractivity contribution in [1.29, 1.82) is 0 Å². The van der Waals surface area contributed by atoms with Crippen LogP contribution in [0.25, 0.3) is 0 Å². The van der Waals surface area contributed by atoms with Gasteiger partial charge in [0.1, 0.15) is 0 Å². The molecule has 2 rings (SSSR count). The zero-order valence-corrected chi connectivity index (χ0v) is 21.6. The van der Waals surface area contributed by atoms with E-state index in [2.05, 4.69) is 29.6 Å². The molecule has 12 heteroatoms. The molecule has 2 aromatic rings. The lowest BCUT2D eigenvalue weighted by Crippen LogP contribution is -2.14. The van der Waals surface area contributed by atoms with E-state index in [1.54, 1.807) is 38.1 Å². The van der Waals surface area contributed by atoms with Gasteiger partial charge < -0.3 is 9.47 Å². The lowest BCUT2D eigenvalue weighted by atomic mass is 10.1. The molecule has 12 nitrogen and oxygen atoms in total. The molecule has 0 aliphatic rings. The highest BCUT2D eigenvalue weighted by molar-refractivity contribution is 5.91. The van der Waals surface area contributed by atoms with E-state index in [4.69, 9.17) is 9.47 Å². The molecule has 0 spiro atoms. The third-order valence-electron chi connectivity index (χ3n) is 5.13. The second-order valence-corrected chi connectivity index (χ2v) is 8.29. The predicted octanol–water partition coefficient (Wildman–Crippen LogP) is 5.49. The monoisotopic (exact) mass is 534 g/mol. The largest absolute Gasteiger partial charge is 0.543 e. The fourth-order valence-corrected chi connectivity index (χ4v) is 3.07. The normalized spacial score (nSPS) is 10.3. The maximum absolute atomic E-state index is 11.9. The van der Waals surface area contributed by atoms with Crippen molar-refractivity contribution in [3.63, 3.8) is 0 Å². The molecule has 0 heterocycles. The van der Waals surface area contributed by atoms with E-state index in [0.29, 0.717) is 36.8 Å². The van der Waals surface area contributed by atoms with Gasteiger partial charge >= 0.3 is 24.2 Å². The first-order valence-electron chi connectivity index (χ1n) is 11.8. The van der Waals surface area contributed by atoms with Crippen molar-refractivity contribution in [2.75, 3.05) is 13.2 Å². The van der Waals surface area contributed by atoms with Crippen LogP contribution in [0.1, 0.15) is 68.7 Å². The minimum Gasteiger partial charge on any atom is -0.432 e. The molecule has 0 amide bonds. The fraction of sp³-hybridized carbons (Fsp3) is 0.385. The van der Waals surface area contributed by atoms with E-state index in [1.807, 2.05) is 26.0 Å². The molecule has 0 fully saturated rings. The fourth-order valence-electron chi connectivity index (χ4n) is 3.07. The van der Waals surface area contributed by atoms with Crippen molar-refractivity contribution in [2.24, 2.45) is 0 Å². The minimum atomic E-state index is -1.16. The van der Waals surface area contributed by atoms with Crippen LogP contribution in [-0.4, -0.2) is 37.5 Å². The number of rotatable bonds is 13. The number of unbranched alkanes of at least 4 members (excludes halogenated alkanes) is 3. The molecule has 38 heavy (non-hydrogen) atoms. The van der Waals surface area contributed by atoms with Crippen LogP contribution in [0.15, 0.2) is 36.4 Å². The molecule has 0 radical (unpaired) electrons. The summed E-state index contributed by atoms with van der Waals surface area (Å²) in [6.07, 6.45) is -0.0272. The van der Waals surface area contributed by atoms with Gasteiger partial charge in [-0.2, -0.15) is 0 Å². The highest BCUT2D eigenvalue weighted by Crippen LogP contribution is 2.13. The summed E-state index contributed by atoms with van der Waals surface area (Å²) in [6, 6.07) is 10.4. The number of aryl methyl sites for hydroxylation is 4. The van der Waals surface area contributed by atoms with Crippen molar-refractivity contribution in [3.8, 4) is 0 Å². The molecule has 0 atom stereocenters. The second kappa shape index (κ2) is 15.8. The number of carbonyl (C=O) groups is 4. The Morgan fingerprint density at radius 2 is 0.947 bits per heavy atom. The Kier molecular flexibility index (Phi) is 12.5. The molecule has 0 aromatic heterocycles. The average molecular weight is 535 g/mol. The SMILES string of the molecule is Cc1ccc(C)c(C(=O)OOOC(=O)OCCCCCCOC(=O)OOOC(=O)c2cc(C)ccc2C)c1. The van der Waals surface area contributed by atoms with Crippen LogP contribution in [0.4, 0.5) is 9.59 Å². The summed E-state index contributed by atoms with van der Waals surface area (Å²) in [4.78, 5) is 64.2. The summed E-state index contributed by atoms with van der Waals surface area (Å²) in [6.45, 7) is 7.16. The Bertz CT molecular complexity index is 1020. The van der Waals surface area contributed by atoms with Crippen LogP contribution >= 0.6 is 0 Å². The quantitative estimate of drug-likeness (QED) is 0.139. The van der Waals surface area contributed by atoms with Crippen LogP contribution in [0, 0.1) is 27.7 Å². The van der Waals surface area contributed by atoms with Gasteiger partial charge in [-0.3, -0.25) is 9.78 Å². The molecule has 0 aliphatic carbocycles. The van der Waals surface area contributed by atoms with Gasteiger partial charge in [0.25, 0.3) is 0 Å². The van der Waals surface area contributed by atoms with Crippen LogP contribution in [0.5, 0.6) is 0 Å². The number of benzene rings is 2. The van der Waals surface area contributed by atoms with Crippen molar-refractivity contribution < 1.29 is 58.3 Å². The van der Waals surface area contributed by atoms with Crippen molar-refractivity contribution >= 4 is 24.2 Å². The number of hydrogen-bond donors (Lipinski definition) is 0. The van der Waals surface area contributed by atoms with Crippen LogP contribution in [0.2, 0.25) is 0 Å². The van der Waals surface area contributed by atoms with Crippen LogP contribution in [-0.2, 0) is 39.1 Å². The first kappa shape index (κ1) is 30.1. The molecular weight excluding hydrogens is 504 g/mol. The lowest BCUT2D eigenvalue weighted by Gasteiger charge is -2.07. The van der Waals surface area contributed by atoms with Crippen molar-refractivity contribution in [3.05, 3.63) is 69.8 Å². The lowest BCUT2D eigenvalue weighted by molar-refractivity contribution is -0.452. The van der Waals surface area contributed by atoms with E-state index in [9.17, 15) is 19.2 Å². The van der Waals surface area contributed by atoms with E-state index in [0.717, 1.165) is 11.1 Å². The first-order chi connectivity index (χ1) is 18.2. The van der Waals surface area contributed by atoms with Gasteiger partial charge in [0, 0.05) is 0 Å². The van der Waals surface area contributed by atoms with Crippen LogP contribution in [0.3, 0.4) is 0 Å². The van der Waals surface area contributed by atoms with Gasteiger partial charge in [-0.15, -0.1) is 0 Å². The molecule has 0 aliphatic heterocycles. The molecule has 0 unspecified atom stereocenters. The third-order valence-corrected chi connectivity index (χ3v) is 5.13. The van der Waals surface area contributed by atoms with Gasteiger partial charge in [-0.1, -0.05) is 35.4 Å². The van der Waals surface area contributed by atoms with Gasteiger partial charge in [-0.25, -0.2) is 29.0 Å². The Hall–Kier alpha value is -4.16. The third kappa shape index (κ3) is 10.8. The minimum absolute atomic E-state index is 0.0373. The summed E-state index contributed by atoms with van der Waals surface area (Å²) in [7, 11) is 0.